The molecule has 0 atom stereocenters. The zero-order chi connectivity index (χ0) is 94.0. The number of hydrogen-bond donors (Lipinski definition) is 0. The number of imidazole rings is 3. The molecule has 0 radical (unpaired) electrons. The molecule has 0 aliphatic heterocycles. The monoisotopic (exact) mass is 1860 g/mol. The van der Waals surface area contributed by atoms with Crippen molar-refractivity contribution < 1.29 is 22.1 Å². The number of furan rings is 5. The molecular formula is C129H75N9O5S. The number of benzene rings is 21. The number of hydrogen-bond acceptors (Lipinski definition) is 9. The van der Waals surface area contributed by atoms with Gasteiger partial charge in [0.1, 0.15) is 51.0 Å². The Kier molecular flexibility index (Phi) is 17.2. The Labute approximate surface area is 821 Å². The van der Waals surface area contributed by atoms with Crippen molar-refractivity contribution in [3.63, 3.8) is 0 Å². The Morgan fingerprint density at radius 1 is 0.174 bits per heavy atom. The third-order valence-electron chi connectivity index (χ3n) is 29.2. The fourth-order valence-electron chi connectivity index (χ4n) is 22.9. The minimum Gasteiger partial charge on any atom is -0.456 e. The third-order valence-corrected chi connectivity index (χ3v) is 30.4. The average Bonchev–Trinajstić information content (AvgIpc) is 1.55. The van der Waals surface area contributed by atoms with Crippen LogP contribution < -0.4 is 0 Å². The van der Waals surface area contributed by atoms with E-state index in [0.29, 0.717) is 0 Å². The van der Waals surface area contributed by atoms with E-state index in [9.17, 15) is 0 Å². The van der Waals surface area contributed by atoms with Crippen LogP contribution in [0.3, 0.4) is 0 Å². The van der Waals surface area contributed by atoms with E-state index in [1.807, 2.05) is 65.9 Å². The molecule has 0 saturated carbocycles. The molecule has 0 bridgehead atoms. The second-order valence-electron chi connectivity index (χ2n) is 37.1. The van der Waals surface area contributed by atoms with Gasteiger partial charge < -0.3 is 35.8 Å². The molecule has 0 N–H and O–H groups in total. The molecule has 0 unspecified atom stereocenters. The van der Waals surface area contributed by atoms with Crippen LogP contribution >= 0.6 is 11.3 Å². The smallest absolute Gasteiger partial charge is 0.160 e. The van der Waals surface area contributed by atoms with Crippen LogP contribution in [0.15, 0.2) is 477 Å². The van der Waals surface area contributed by atoms with Gasteiger partial charge in [0, 0.05) is 160 Å². The maximum Gasteiger partial charge on any atom is 0.160 e. The molecule has 0 fully saturated rings. The van der Waals surface area contributed by atoms with Gasteiger partial charge in [-0.05, 0) is 133 Å². The lowest BCUT2D eigenvalue weighted by Gasteiger charge is -2.09. The number of rotatable bonds is 9. The van der Waals surface area contributed by atoms with E-state index < -0.39 is 0 Å². The van der Waals surface area contributed by atoms with Crippen LogP contribution in [0.2, 0.25) is 0 Å². The summed E-state index contributed by atoms with van der Waals surface area (Å²) in [4.78, 5) is 15.6. The second-order valence-corrected chi connectivity index (χ2v) is 38.1. The SMILES string of the molecule is c1ccc(-c2nc3cc4oc5c(ccc6c7ccccc7n(-c7ccc8c(c7)oc7ccccc78)c65)c4cc3n2-c2ccccc2)cc1.c1ccc(-c2nc3cc4oc5c(ccc6c7ccccc7n(-c7cccc8c7oc7ccccc78)c65)c4cc3n2-c2ccccc2)cc1.c1ccc(-c2nc3cc4oc5c(ccc6c7ccccc7n(-c7cccc8c7sc7ccccc78)c65)c4cc3n2-c2ccccc2)cc1. The van der Waals surface area contributed by atoms with Crippen LogP contribution in [0, 0.1) is 0 Å². The summed E-state index contributed by atoms with van der Waals surface area (Å²) in [5.41, 5.74) is 30.4. The Hall–Kier alpha value is -19.4. The van der Waals surface area contributed by atoms with E-state index in [2.05, 4.69) is 428 Å². The topological polar surface area (TPSA) is 134 Å². The Morgan fingerprint density at radius 3 is 0.944 bits per heavy atom. The van der Waals surface area contributed by atoms with Gasteiger partial charge >= 0.3 is 0 Å². The molecular weight excluding hydrogens is 1790 g/mol. The Bertz CT molecular complexity index is 10700. The van der Waals surface area contributed by atoms with Crippen molar-refractivity contribution in [2.24, 2.45) is 0 Å². The average molecular weight is 1860 g/mol. The van der Waals surface area contributed by atoms with E-state index in [-0.39, 0.29) is 0 Å². The van der Waals surface area contributed by atoms with Crippen LogP contribution in [-0.2, 0) is 0 Å². The number of para-hydroxylation sites is 9. The predicted molar refractivity (Wildman–Crippen MR) is 592 cm³/mol. The largest absolute Gasteiger partial charge is 0.456 e. The van der Waals surface area contributed by atoms with Gasteiger partial charge in [-0.2, -0.15) is 0 Å². The molecule has 14 nitrogen and oxygen atoms in total. The zero-order valence-corrected chi connectivity index (χ0v) is 77.6. The van der Waals surface area contributed by atoms with Crippen LogP contribution in [0.5, 0.6) is 0 Å². The van der Waals surface area contributed by atoms with Gasteiger partial charge in [0.2, 0.25) is 0 Å². The molecule has 0 saturated heterocycles. The predicted octanol–water partition coefficient (Wildman–Crippen LogP) is 35.2. The lowest BCUT2D eigenvalue weighted by atomic mass is 10.1. The van der Waals surface area contributed by atoms with Crippen molar-refractivity contribution in [2.45, 2.75) is 0 Å². The molecule has 0 spiro atoms. The van der Waals surface area contributed by atoms with Gasteiger partial charge in [0.05, 0.1) is 88.0 Å². The van der Waals surface area contributed by atoms with Gasteiger partial charge in [0.25, 0.3) is 0 Å². The molecule has 12 heterocycles. The molecule has 33 aromatic rings. The van der Waals surface area contributed by atoms with Gasteiger partial charge in [-0.3, -0.25) is 13.7 Å². The maximum absolute atomic E-state index is 6.93. The molecule has 0 aliphatic carbocycles. The van der Waals surface area contributed by atoms with Crippen molar-refractivity contribution in [2.75, 3.05) is 0 Å². The second kappa shape index (κ2) is 31.1. The van der Waals surface area contributed by atoms with Gasteiger partial charge in [-0.1, -0.05) is 297 Å². The van der Waals surface area contributed by atoms with E-state index in [0.717, 1.165) is 249 Å². The summed E-state index contributed by atoms with van der Waals surface area (Å²) in [6.07, 6.45) is 0. The van der Waals surface area contributed by atoms with Crippen LogP contribution in [0.1, 0.15) is 0 Å². The van der Waals surface area contributed by atoms with E-state index in [1.54, 1.807) is 0 Å². The number of nitrogens with zero attached hydrogens (tertiary/aromatic N) is 9. The van der Waals surface area contributed by atoms with Crippen molar-refractivity contribution in [3.8, 4) is 68.3 Å². The first-order chi connectivity index (χ1) is 71.4. The fourth-order valence-corrected chi connectivity index (χ4v) is 24.1. The van der Waals surface area contributed by atoms with Crippen molar-refractivity contribution in [1.82, 2.24) is 42.4 Å². The van der Waals surface area contributed by atoms with Gasteiger partial charge in [-0.25, -0.2) is 15.0 Å². The molecule has 144 heavy (non-hydrogen) atoms. The highest BCUT2D eigenvalue weighted by Gasteiger charge is 2.30. The molecule has 12 aromatic heterocycles. The van der Waals surface area contributed by atoms with Crippen LogP contribution in [0.25, 0.3) is 297 Å². The third kappa shape index (κ3) is 11.9. The van der Waals surface area contributed by atoms with E-state index >= 15 is 0 Å². The van der Waals surface area contributed by atoms with Gasteiger partial charge in [-0.15, -0.1) is 11.3 Å². The lowest BCUT2D eigenvalue weighted by Crippen LogP contribution is -1.97. The molecule has 0 amide bonds. The summed E-state index contributed by atoms with van der Waals surface area (Å²) >= 11 is 1.85. The minimum absolute atomic E-state index is 0.807. The molecule has 33 rings (SSSR count). The quantitative estimate of drug-likeness (QED) is 0.139. The summed E-state index contributed by atoms with van der Waals surface area (Å²) in [7, 11) is 0. The zero-order valence-electron chi connectivity index (χ0n) is 76.8. The first-order valence-corrected chi connectivity index (χ1v) is 49.2. The highest BCUT2D eigenvalue weighted by molar-refractivity contribution is 7.26. The molecule has 21 aromatic carbocycles. The molecule has 0 aliphatic rings. The van der Waals surface area contributed by atoms with Crippen molar-refractivity contribution >= 4 is 240 Å². The standard InChI is InChI=1S/2C43H25N3O2.C43H25N3OS/c1-3-12-26(13-4-1)43-44-34-25-39-33(24-37(34)45(43)27-14-5-2-6-15-27)32-23-22-30-28-16-7-9-19-35(28)46(40(30)42(32)48-39)36-20-11-18-31-29-17-8-10-21-38(29)47-41(31)36;1-3-11-26(12-4-1)43-44-35-25-40-34(24-37(35)46(43)27-13-5-2-6-14-27)33-22-21-32-29-15-7-9-17-36(29)45(41(32)42(33)48-40)28-19-20-31-30-16-8-10-18-38(30)47-39(31)23-28;1-3-12-26(13-4-1)43-44-34-25-38-33(24-37(34)45(43)27-14-5-2-6-15-27)31-23-22-30-28-16-7-9-19-35(28)46(40(30)41(31)47-38)36-20-11-18-32-29-17-8-10-21-39(29)48-42(32)36/h3*1-25H. The minimum atomic E-state index is 0.807. The number of fused-ring (bicyclic) bond motifs is 33. The summed E-state index contributed by atoms with van der Waals surface area (Å²) in [5.74, 6) is 2.71. The Balaban J connectivity index is 0.0000000986. The normalized spacial score (nSPS) is 12.2. The summed E-state index contributed by atoms with van der Waals surface area (Å²) in [6, 6.07) is 159. The first-order valence-electron chi connectivity index (χ1n) is 48.4. The summed E-state index contributed by atoms with van der Waals surface area (Å²) < 4.78 is 50.0. The van der Waals surface area contributed by atoms with Crippen molar-refractivity contribution in [1.29, 1.82) is 0 Å². The highest BCUT2D eigenvalue weighted by atomic mass is 32.1. The highest BCUT2D eigenvalue weighted by Crippen LogP contribution is 2.51. The van der Waals surface area contributed by atoms with Crippen LogP contribution in [0.4, 0.5) is 0 Å². The van der Waals surface area contributed by atoms with Gasteiger partial charge in [0.15, 0.2) is 22.3 Å². The van der Waals surface area contributed by atoms with E-state index in [1.165, 1.54) is 47.5 Å². The van der Waals surface area contributed by atoms with Crippen molar-refractivity contribution in [3.05, 3.63) is 455 Å². The maximum atomic E-state index is 6.93. The van der Waals surface area contributed by atoms with Crippen LogP contribution in [-0.4, -0.2) is 42.4 Å². The summed E-state index contributed by atoms with van der Waals surface area (Å²) in [6.45, 7) is 0. The molecule has 672 valence electrons. The summed E-state index contributed by atoms with van der Waals surface area (Å²) in [5, 5.41) is 20.4. The number of aromatic nitrogens is 9. The Morgan fingerprint density at radius 2 is 0.486 bits per heavy atom. The van der Waals surface area contributed by atoms with E-state index in [4.69, 9.17) is 37.0 Å². The fraction of sp³-hybridized carbons (Fsp3) is 0. The lowest BCUT2D eigenvalue weighted by molar-refractivity contribution is 0.665. The molecule has 15 heteroatoms. The first kappa shape index (κ1) is 79.7. The number of thiophene rings is 1.